The first kappa shape index (κ1) is 16.7. The predicted octanol–water partition coefficient (Wildman–Crippen LogP) is 1.48. The Kier molecular flexibility index (Phi) is 4.13. The number of rotatable bonds is 4. The molecule has 0 spiro atoms. The van der Waals surface area contributed by atoms with Crippen molar-refractivity contribution in [1.29, 1.82) is 0 Å². The van der Waals surface area contributed by atoms with Crippen molar-refractivity contribution in [3.63, 3.8) is 0 Å². The third-order valence-electron chi connectivity index (χ3n) is 4.87. The number of aliphatic carboxylic acids is 1. The van der Waals surface area contributed by atoms with Gasteiger partial charge in [-0.1, -0.05) is 6.07 Å². The molecule has 0 aliphatic carbocycles. The highest BCUT2D eigenvalue weighted by Crippen LogP contribution is 2.35. The number of nitrogens with zero attached hydrogens (tertiary/aromatic N) is 4. The quantitative estimate of drug-likeness (QED) is 0.859. The first-order valence-corrected chi connectivity index (χ1v) is 10.5. The Labute approximate surface area is 149 Å². The molecule has 2 atom stereocenters. The number of carboxylic acids is 1. The van der Waals surface area contributed by atoms with Gasteiger partial charge >= 0.3 is 5.97 Å². The maximum absolute atomic E-state index is 12.8. The number of thiophene rings is 1. The predicted molar refractivity (Wildman–Crippen MR) is 90.1 cm³/mol. The van der Waals surface area contributed by atoms with Gasteiger partial charge < -0.3 is 9.67 Å². The van der Waals surface area contributed by atoms with Crippen LogP contribution in [0, 0.1) is 0 Å². The third kappa shape index (κ3) is 2.77. The highest BCUT2D eigenvalue weighted by atomic mass is 32.2. The molecule has 2 unspecified atom stereocenters. The molecule has 1 fully saturated rings. The minimum Gasteiger partial charge on any atom is -0.480 e. The number of aryl methyl sites for hydroxylation is 1. The zero-order valence-corrected chi connectivity index (χ0v) is 15.0. The number of hydrogen-bond acceptors (Lipinski definition) is 6. The monoisotopic (exact) mass is 382 g/mol. The number of aromatic nitrogens is 3. The van der Waals surface area contributed by atoms with Crippen molar-refractivity contribution in [2.45, 2.75) is 41.9 Å². The maximum atomic E-state index is 12.8. The van der Waals surface area contributed by atoms with Crippen molar-refractivity contribution in [2.75, 3.05) is 13.1 Å². The summed E-state index contributed by atoms with van der Waals surface area (Å²) in [6, 6.07) is 2.69. The van der Waals surface area contributed by atoms with E-state index in [1.165, 1.54) is 15.6 Å². The summed E-state index contributed by atoms with van der Waals surface area (Å²) in [6.07, 6.45) is 2.60. The number of fused-ring (bicyclic) bond motifs is 1. The van der Waals surface area contributed by atoms with E-state index in [2.05, 4.69) is 10.2 Å². The van der Waals surface area contributed by atoms with Crippen LogP contribution in [-0.4, -0.2) is 51.7 Å². The lowest BCUT2D eigenvalue weighted by Gasteiger charge is -2.31. The molecule has 2 aliphatic rings. The van der Waals surface area contributed by atoms with E-state index in [0.717, 1.165) is 12.8 Å². The Hall–Kier alpha value is -1.78. The molecule has 2 aromatic heterocycles. The van der Waals surface area contributed by atoms with Crippen LogP contribution >= 0.6 is 11.3 Å². The van der Waals surface area contributed by atoms with Crippen molar-refractivity contribution >= 4 is 27.3 Å². The Balaban J connectivity index is 1.62. The number of carbonyl (C=O) groups is 1. The van der Waals surface area contributed by atoms with Gasteiger partial charge in [-0.15, -0.1) is 21.5 Å². The van der Waals surface area contributed by atoms with Crippen LogP contribution in [0.2, 0.25) is 0 Å². The van der Waals surface area contributed by atoms with Gasteiger partial charge in [-0.2, -0.15) is 4.31 Å². The SMILES string of the molecule is O=C(O)C1CCc2nnc(C3CCCN(S(=O)(=O)c4cccs4)C3)n21. The molecule has 2 aromatic rings. The van der Waals surface area contributed by atoms with Crippen LogP contribution in [0.15, 0.2) is 21.7 Å². The van der Waals surface area contributed by atoms with Gasteiger partial charge in [0.05, 0.1) is 0 Å². The third-order valence-corrected chi connectivity index (χ3v) is 8.11. The van der Waals surface area contributed by atoms with E-state index in [-0.39, 0.29) is 5.92 Å². The summed E-state index contributed by atoms with van der Waals surface area (Å²) in [4.78, 5) is 11.5. The summed E-state index contributed by atoms with van der Waals surface area (Å²) in [5.41, 5.74) is 0. The highest BCUT2D eigenvalue weighted by molar-refractivity contribution is 7.91. The number of sulfonamides is 1. The molecule has 25 heavy (non-hydrogen) atoms. The molecular formula is C15H18N4O4S2. The fourth-order valence-electron chi connectivity index (χ4n) is 3.66. The summed E-state index contributed by atoms with van der Waals surface area (Å²) in [5.74, 6) is 0.259. The Morgan fingerprint density at radius 3 is 2.88 bits per heavy atom. The van der Waals surface area contributed by atoms with Crippen LogP contribution in [0.4, 0.5) is 0 Å². The molecule has 1 N–H and O–H groups in total. The second-order valence-electron chi connectivity index (χ2n) is 6.37. The first-order valence-electron chi connectivity index (χ1n) is 8.18. The molecule has 0 bridgehead atoms. The highest BCUT2D eigenvalue weighted by Gasteiger charge is 2.38. The van der Waals surface area contributed by atoms with Crippen LogP contribution in [0.5, 0.6) is 0 Å². The molecule has 4 rings (SSSR count). The molecule has 10 heteroatoms. The average molecular weight is 382 g/mol. The molecule has 0 amide bonds. The summed E-state index contributed by atoms with van der Waals surface area (Å²) < 4.78 is 29.1. The summed E-state index contributed by atoms with van der Waals surface area (Å²) in [6.45, 7) is 0.783. The van der Waals surface area contributed by atoms with Crippen LogP contribution < -0.4 is 0 Å². The Morgan fingerprint density at radius 2 is 2.16 bits per heavy atom. The Morgan fingerprint density at radius 1 is 1.32 bits per heavy atom. The normalized spacial score (nSPS) is 24.3. The number of hydrogen-bond donors (Lipinski definition) is 1. The van der Waals surface area contributed by atoms with E-state index in [1.807, 2.05) is 0 Å². The molecule has 0 radical (unpaired) electrons. The standard InChI is InChI=1S/C15H18N4O4S2/c20-15(21)11-5-6-12-16-17-14(19(11)12)10-3-1-7-18(9-10)25(22,23)13-4-2-8-24-13/h2,4,8,10-11H,1,3,5-7,9H2,(H,20,21). The minimum absolute atomic E-state index is 0.135. The summed E-state index contributed by atoms with van der Waals surface area (Å²) in [7, 11) is -3.51. The van der Waals surface area contributed by atoms with Gasteiger partial charge in [0.15, 0.2) is 0 Å². The van der Waals surface area contributed by atoms with Gasteiger partial charge in [0.25, 0.3) is 10.0 Å². The number of carboxylic acid groups (broad SMARTS) is 1. The van der Waals surface area contributed by atoms with Crippen LogP contribution in [0.1, 0.15) is 42.9 Å². The first-order chi connectivity index (χ1) is 12.0. The van der Waals surface area contributed by atoms with Crippen LogP contribution in [0.25, 0.3) is 0 Å². The summed E-state index contributed by atoms with van der Waals surface area (Å²) >= 11 is 1.21. The van der Waals surface area contributed by atoms with Crippen LogP contribution in [-0.2, 0) is 21.2 Å². The smallest absolute Gasteiger partial charge is 0.326 e. The topological polar surface area (TPSA) is 105 Å². The molecule has 0 saturated carbocycles. The van der Waals surface area contributed by atoms with E-state index in [0.29, 0.717) is 41.8 Å². The van der Waals surface area contributed by atoms with Crippen LogP contribution in [0.3, 0.4) is 0 Å². The van der Waals surface area contributed by atoms with Gasteiger partial charge in [-0.25, -0.2) is 13.2 Å². The lowest BCUT2D eigenvalue weighted by atomic mass is 9.98. The second-order valence-corrected chi connectivity index (χ2v) is 9.48. The van der Waals surface area contributed by atoms with E-state index in [4.69, 9.17) is 0 Å². The van der Waals surface area contributed by atoms with E-state index in [9.17, 15) is 18.3 Å². The van der Waals surface area contributed by atoms with Crippen molar-refractivity contribution < 1.29 is 18.3 Å². The zero-order valence-electron chi connectivity index (χ0n) is 13.4. The molecule has 4 heterocycles. The molecule has 8 nitrogen and oxygen atoms in total. The fraction of sp³-hybridized carbons (Fsp3) is 0.533. The van der Waals surface area contributed by atoms with E-state index < -0.39 is 22.0 Å². The van der Waals surface area contributed by atoms with E-state index in [1.54, 1.807) is 22.1 Å². The fourth-order valence-corrected chi connectivity index (χ4v) is 6.33. The van der Waals surface area contributed by atoms with Gasteiger partial charge in [0.1, 0.15) is 21.9 Å². The molecule has 1 saturated heterocycles. The average Bonchev–Trinajstić information content (AvgIpc) is 3.31. The molecule has 134 valence electrons. The molecular weight excluding hydrogens is 364 g/mol. The van der Waals surface area contributed by atoms with Gasteiger partial charge in [-0.05, 0) is 30.7 Å². The van der Waals surface area contributed by atoms with Gasteiger partial charge in [0.2, 0.25) is 0 Å². The number of piperidine rings is 1. The zero-order chi connectivity index (χ0) is 17.6. The van der Waals surface area contributed by atoms with Crippen molar-refractivity contribution in [2.24, 2.45) is 0 Å². The summed E-state index contributed by atoms with van der Waals surface area (Å²) in [5, 5.41) is 19.5. The lowest BCUT2D eigenvalue weighted by Crippen LogP contribution is -2.39. The molecule has 2 aliphatic heterocycles. The van der Waals surface area contributed by atoms with Crippen molar-refractivity contribution in [3.8, 4) is 0 Å². The van der Waals surface area contributed by atoms with Gasteiger partial charge in [-0.3, -0.25) is 0 Å². The van der Waals surface area contributed by atoms with Crippen molar-refractivity contribution in [3.05, 3.63) is 29.2 Å². The van der Waals surface area contributed by atoms with Crippen molar-refractivity contribution in [1.82, 2.24) is 19.1 Å². The maximum Gasteiger partial charge on any atom is 0.326 e. The minimum atomic E-state index is -3.51. The second kappa shape index (κ2) is 6.19. The molecule has 0 aromatic carbocycles. The van der Waals surface area contributed by atoms with Gasteiger partial charge in [0, 0.05) is 25.4 Å². The van der Waals surface area contributed by atoms with E-state index >= 15 is 0 Å². The lowest BCUT2D eigenvalue weighted by molar-refractivity contribution is -0.140. The largest absolute Gasteiger partial charge is 0.480 e. The Bertz CT molecular complexity index is 891.